The minimum Gasteiger partial charge on any atom is -0.464 e. The molecule has 0 aliphatic carbocycles. The molecule has 1 atom stereocenters. The number of carbonyl (C=O) groups is 1. The van der Waals surface area contributed by atoms with Gasteiger partial charge in [-0.15, -0.1) is 0 Å². The van der Waals surface area contributed by atoms with E-state index in [0.717, 1.165) is 27.0 Å². The van der Waals surface area contributed by atoms with Crippen molar-refractivity contribution < 1.29 is 23.6 Å². The Hall–Kier alpha value is -2.00. The van der Waals surface area contributed by atoms with E-state index >= 15 is 0 Å². The van der Waals surface area contributed by atoms with E-state index in [9.17, 15) is 19.2 Å². The highest BCUT2D eigenvalue weighted by Crippen LogP contribution is 2.32. The molecule has 1 aromatic heterocycles. The summed E-state index contributed by atoms with van der Waals surface area (Å²) >= 11 is 0. The Morgan fingerprint density at radius 1 is 1.14 bits per heavy atom. The molecular weight excluding hydrogens is 380 g/mol. The summed E-state index contributed by atoms with van der Waals surface area (Å²) in [6, 6.07) is 7.38. The number of aliphatic hydroxyl groups is 2. The second kappa shape index (κ2) is 7.44. The van der Waals surface area contributed by atoms with Crippen molar-refractivity contribution >= 4 is 27.9 Å². The maximum absolute atomic E-state index is 13.0. The largest absolute Gasteiger partial charge is 0.464 e. The monoisotopic (exact) mass is 404 g/mol. The van der Waals surface area contributed by atoms with E-state index < -0.39 is 16.4 Å². The Labute approximate surface area is 165 Å². The summed E-state index contributed by atoms with van der Waals surface area (Å²) in [5.74, 6) is -0.215. The Kier molecular flexibility index (Phi) is 5.13. The number of carbonyl (C=O) groups excluding carboxylic acids is 1. The van der Waals surface area contributed by atoms with E-state index in [1.165, 1.54) is 0 Å². The van der Waals surface area contributed by atoms with Crippen LogP contribution >= 0.6 is 0 Å². The molecule has 0 fully saturated rings. The van der Waals surface area contributed by atoms with Gasteiger partial charge in [0.15, 0.2) is 0 Å². The summed E-state index contributed by atoms with van der Waals surface area (Å²) < 4.78 is 20.2. The molecule has 150 valence electrons. The van der Waals surface area contributed by atoms with Crippen molar-refractivity contribution in [2.45, 2.75) is 18.2 Å². The van der Waals surface area contributed by atoms with Crippen molar-refractivity contribution in [1.29, 1.82) is 0 Å². The van der Waals surface area contributed by atoms with Gasteiger partial charge in [-0.3, -0.25) is 4.79 Å². The fraction of sp³-hybridized carbons (Fsp3) is 0.450. The van der Waals surface area contributed by atoms with Crippen LogP contribution in [-0.4, -0.2) is 68.9 Å². The summed E-state index contributed by atoms with van der Waals surface area (Å²) in [6.45, 7) is 3.08. The molecule has 2 aromatic rings. The van der Waals surface area contributed by atoms with Crippen LogP contribution in [0.15, 0.2) is 51.0 Å². The highest BCUT2D eigenvalue weighted by atomic mass is 32.2. The van der Waals surface area contributed by atoms with Gasteiger partial charge in [-0.2, -0.15) is 0 Å². The third-order valence-electron chi connectivity index (χ3n) is 5.88. The van der Waals surface area contributed by atoms with E-state index in [4.69, 9.17) is 4.42 Å². The molecule has 0 spiro atoms. The van der Waals surface area contributed by atoms with Crippen LogP contribution in [-0.2, 0) is 15.8 Å². The number of nitrogens with zero attached hydrogens (tertiary/aromatic N) is 2. The zero-order chi connectivity index (χ0) is 19.9. The van der Waals surface area contributed by atoms with Gasteiger partial charge in [-0.25, -0.2) is 8.51 Å². The minimum atomic E-state index is -1.29. The second-order valence-corrected chi connectivity index (χ2v) is 8.97. The second-order valence-electron chi connectivity index (χ2n) is 7.49. The standard InChI is InChI=1S/C20H24N2O5S/c1-2-20(12-23,13-24)19(25)21-8-15-10-22(11-16(15)9-21)28(26)17-3-4-18-14(7-17)5-6-27-18/h3-7,23-24H,2,8-13H2,1H3. The third-order valence-corrected chi connectivity index (χ3v) is 7.27. The molecule has 0 saturated carbocycles. The summed E-state index contributed by atoms with van der Waals surface area (Å²) in [7, 11) is -1.29. The van der Waals surface area contributed by atoms with Crippen LogP contribution in [0.3, 0.4) is 0 Å². The van der Waals surface area contributed by atoms with Crippen LogP contribution in [0.25, 0.3) is 11.0 Å². The zero-order valence-electron chi connectivity index (χ0n) is 15.8. The van der Waals surface area contributed by atoms with Gasteiger partial charge in [-0.1, -0.05) is 6.92 Å². The van der Waals surface area contributed by atoms with Gasteiger partial charge in [0.2, 0.25) is 5.91 Å². The van der Waals surface area contributed by atoms with Gasteiger partial charge in [0.1, 0.15) is 16.6 Å². The number of rotatable bonds is 6. The number of fused-ring (bicyclic) bond motifs is 1. The van der Waals surface area contributed by atoms with Gasteiger partial charge in [-0.05, 0) is 41.8 Å². The van der Waals surface area contributed by atoms with Crippen LogP contribution in [0, 0.1) is 5.41 Å². The van der Waals surface area contributed by atoms with Crippen molar-refractivity contribution in [2.75, 3.05) is 39.4 Å². The number of amides is 1. The first-order valence-corrected chi connectivity index (χ1v) is 10.5. The van der Waals surface area contributed by atoms with E-state index in [0.29, 0.717) is 32.6 Å². The lowest BCUT2D eigenvalue weighted by molar-refractivity contribution is -0.146. The first-order chi connectivity index (χ1) is 13.5. The van der Waals surface area contributed by atoms with Crippen LogP contribution in [0.5, 0.6) is 0 Å². The normalized spacial score (nSPS) is 18.9. The highest BCUT2D eigenvalue weighted by molar-refractivity contribution is 7.82. The SMILES string of the molecule is CCC(CO)(CO)C(=O)N1CC2=C(C1)CN(S(=O)c1ccc3occc3c1)C2. The summed E-state index contributed by atoms with van der Waals surface area (Å²) in [4.78, 5) is 15.2. The average Bonchev–Trinajstić information content (AvgIpc) is 3.42. The Balaban J connectivity index is 1.43. The maximum Gasteiger partial charge on any atom is 0.234 e. The van der Waals surface area contributed by atoms with Crippen molar-refractivity contribution in [3.8, 4) is 0 Å². The number of benzene rings is 1. The van der Waals surface area contributed by atoms with Crippen LogP contribution in [0.4, 0.5) is 0 Å². The Bertz CT molecular complexity index is 936. The molecule has 3 heterocycles. The van der Waals surface area contributed by atoms with E-state index in [1.807, 2.05) is 28.6 Å². The van der Waals surface area contributed by atoms with Crippen molar-refractivity contribution in [3.63, 3.8) is 0 Å². The van der Waals surface area contributed by atoms with Crippen molar-refractivity contribution in [3.05, 3.63) is 41.7 Å². The Morgan fingerprint density at radius 2 is 1.82 bits per heavy atom. The zero-order valence-corrected chi connectivity index (χ0v) is 16.6. The molecule has 4 rings (SSSR count). The van der Waals surface area contributed by atoms with E-state index in [1.54, 1.807) is 18.1 Å². The molecule has 7 nitrogen and oxygen atoms in total. The van der Waals surface area contributed by atoms with Gasteiger partial charge in [0.25, 0.3) is 0 Å². The summed E-state index contributed by atoms with van der Waals surface area (Å²) in [5, 5.41) is 20.2. The lowest BCUT2D eigenvalue weighted by Gasteiger charge is -2.32. The van der Waals surface area contributed by atoms with Crippen molar-refractivity contribution in [2.24, 2.45) is 5.41 Å². The first kappa shape index (κ1) is 19.3. The fourth-order valence-corrected chi connectivity index (χ4v) is 5.16. The van der Waals surface area contributed by atoms with Crippen LogP contribution in [0.1, 0.15) is 13.3 Å². The van der Waals surface area contributed by atoms with Gasteiger partial charge >= 0.3 is 0 Å². The van der Waals surface area contributed by atoms with E-state index in [-0.39, 0.29) is 19.1 Å². The summed E-state index contributed by atoms with van der Waals surface area (Å²) in [6.07, 6.45) is 2.00. The molecule has 0 radical (unpaired) electrons. The predicted octanol–water partition coefficient (Wildman–Crippen LogP) is 1.29. The molecular formula is C20H24N2O5S. The molecule has 8 heteroatoms. The van der Waals surface area contributed by atoms with Gasteiger partial charge < -0.3 is 19.5 Å². The topological polar surface area (TPSA) is 94.2 Å². The number of hydrogen-bond donors (Lipinski definition) is 2. The van der Waals surface area contributed by atoms with Crippen LogP contribution < -0.4 is 0 Å². The first-order valence-electron chi connectivity index (χ1n) is 9.36. The fourth-order valence-electron chi connectivity index (χ4n) is 3.90. The maximum atomic E-state index is 13.0. The highest BCUT2D eigenvalue weighted by Gasteiger charge is 2.42. The van der Waals surface area contributed by atoms with Crippen molar-refractivity contribution in [1.82, 2.24) is 9.21 Å². The molecule has 28 heavy (non-hydrogen) atoms. The lowest BCUT2D eigenvalue weighted by Crippen LogP contribution is -2.48. The predicted molar refractivity (Wildman–Crippen MR) is 105 cm³/mol. The smallest absolute Gasteiger partial charge is 0.234 e. The minimum absolute atomic E-state index is 0.215. The molecule has 1 aromatic carbocycles. The number of furan rings is 1. The lowest BCUT2D eigenvalue weighted by atomic mass is 9.85. The molecule has 0 bridgehead atoms. The number of aliphatic hydroxyl groups excluding tert-OH is 2. The molecule has 2 N–H and O–H groups in total. The molecule has 1 amide bonds. The number of hydrogen-bond acceptors (Lipinski definition) is 5. The third kappa shape index (κ3) is 3.10. The molecule has 1 unspecified atom stereocenters. The van der Waals surface area contributed by atoms with Gasteiger partial charge in [0, 0.05) is 31.6 Å². The summed E-state index contributed by atoms with van der Waals surface area (Å²) in [5.41, 5.74) is 1.85. The van der Waals surface area contributed by atoms with Crippen LogP contribution in [0.2, 0.25) is 0 Å². The van der Waals surface area contributed by atoms with E-state index in [2.05, 4.69) is 0 Å². The van der Waals surface area contributed by atoms with Gasteiger partial charge in [0.05, 0.1) is 29.8 Å². The average molecular weight is 404 g/mol. The Morgan fingerprint density at radius 3 is 2.43 bits per heavy atom. The molecule has 2 aliphatic heterocycles. The molecule has 0 saturated heterocycles. The molecule has 2 aliphatic rings. The quantitative estimate of drug-likeness (QED) is 0.708.